The van der Waals surface area contributed by atoms with Crippen LogP contribution in [-0.4, -0.2) is 17.4 Å². The van der Waals surface area contributed by atoms with Crippen molar-refractivity contribution in [2.75, 3.05) is 12.3 Å². The fraction of sp³-hybridized carbons (Fsp3) is 0.143. The second-order valence-corrected chi connectivity index (χ2v) is 6.36. The topological polar surface area (TPSA) is 77.2 Å². The zero-order chi connectivity index (χ0) is 21.7. The van der Waals surface area contributed by atoms with Crippen molar-refractivity contribution in [3.05, 3.63) is 83.3 Å². The van der Waals surface area contributed by atoms with Crippen LogP contribution in [0.4, 0.5) is 23.4 Å². The first-order valence-corrected chi connectivity index (χ1v) is 8.85. The summed E-state index contributed by atoms with van der Waals surface area (Å²) < 4.78 is 57.4. The van der Waals surface area contributed by atoms with Gasteiger partial charge in [-0.15, -0.1) is 0 Å². The summed E-state index contributed by atoms with van der Waals surface area (Å²) in [6.07, 6.45) is -2.95. The molecule has 1 amide bonds. The smallest absolute Gasteiger partial charge is 0.419 e. The molecule has 0 saturated carbocycles. The number of nitrogens with one attached hydrogen (secondary N) is 1. The normalized spacial score (nSPS) is 11.2. The lowest BCUT2D eigenvalue weighted by molar-refractivity contribution is -0.140. The molecule has 0 saturated heterocycles. The lowest BCUT2D eigenvalue weighted by atomic mass is 10.1. The van der Waals surface area contributed by atoms with E-state index in [0.717, 1.165) is 11.6 Å². The van der Waals surface area contributed by atoms with E-state index in [1.54, 1.807) is 30.3 Å². The highest BCUT2D eigenvalue weighted by Crippen LogP contribution is 2.31. The molecule has 3 aromatic rings. The van der Waals surface area contributed by atoms with E-state index < -0.39 is 23.5 Å². The Morgan fingerprint density at radius 2 is 1.83 bits per heavy atom. The Hall–Kier alpha value is -3.62. The molecule has 0 aliphatic carbocycles. The van der Waals surface area contributed by atoms with Gasteiger partial charge in [-0.1, -0.05) is 12.1 Å². The van der Waals surface area contributed by atoms with Crippen molar-refractivity contribution in [1.82, 2.24) is 10.3 Å². The fourth-order valence-corrected chi connectivity index (χ4v) is 2.70. The summed E-state index contributed by atoms with van der Waals surface area (Å²) in [5.41, 5.74) is 4.71. The number of nitrogens with zero attached hydrogens (tertiary/aromatic N) is 1. The molecule has 1 aromatic heterocycles. The summed E-state index contributed by atoms with van der Waals surface area (Å²) in [4.78, 5) is 16.0. The van der Waals surface area contributed by atoms with Gasteiger partial charge in [0.05, 0.1) is 5.56 Å². The van der Waals surface area contributed by atoms with E-state index in [-0.39, 0.29) is 12.1 Å². The number of nitrogen functional groups attached to an aromatic ring is 1. The monoisotopic (exact) mass is 419 g/mol. The first-order valence-electron chi connectivity index (χ1n) is 8.85. The molecule has 9 heteroatoms. The van der Waals surface area contributed by atoms with Crippen LogP contribution in [0.5, 0.6) is 11.5 Å². The van der Waals surface area contributed by atoms with Crippen molar-refractivity contribution in [3.8, 4) is 11.5 Å². The average Bonchev–Trinajstić information content (AvgIpc) is 2.67. The van der Waals surface area contributed by atoms with E-state index in [9.17, 15) is 22.4 Å². The number of hydrogen-bond donors (Lipinski definition) is 2. The summed E-state index contributed by atoms with van der Waals surface area (Å²) >= 11 is 0. The number of amides is 1. The van der Waals surface area contributed by atoms with Crippen molar-refractivity contribution in [2.45, 2.75) is 12.6 Å². The first kappa shape index (κ1) is 21.1. The largest absolute Gasteiger partial charge is 0.457 e. The van der Waals surface area contributed by atoms with Crippen LogP contribution in [0.25, 0.3) is 0 Å². The van der Waals surface area contributed by atoms with E-state index in [2.05, 4.69) is 10.3 Å². The number of nitrogens with two attached hydrogens (primary N) is 1. The van der Waals surface area contributed by atoms with Gasteiger partial charge >= 0.3 is 6.18 Å². The molecular weight excluding hydrogens is 402 g/mol. The molecule has 1 heterocycles. The molecule has 0 spiro atoms. The predicted molar refractivity (Wildman–Crippen MR) is 103 cm³/mol. The second-order valence-electron chi connectivity index (χ2n) is 6.36. The van der Waals surface area contributed by atoms with E-state index >= 15 is 0 Å². The number of carbonyl (C=O) groups excluding carboxylic acids is 1. The predicted octanol–water partition coefficient (Wildman–Crippen LogP) is 4.59. The molecule has 0 bridgehead atoms. The van der Waals surface area contributed by atoms with Gasteiger partial charge in [-0.05, 0) is 48.4 Å². The number of alkyl halides is 3. The van der Waals surface area contributed by atoms with Crippen LogP contribution >= 0.6 is 0 Å². The maximum absolute atomic E-state index is 13.3. The number of aromatic nitrogens is 1. The minimum atomic E-state index is -4.87. The van der Waals surface area contributed by atoms with Crippen LogP contribution in [0.2, 0.25) is 0 Å². The van der Waals surface area contributed by atoms with Gasteiger partial charge in [0.15, 0.2) is 0 Å². The second kappa shape index (κ2) is 8.81. The SMILES string of the molecule is Nc1cc(Oc2cccc(CCNC(=O)c3ccc(F)c(C(F)(F)F)c3)c2)ccn1. The van der Waals surface area contributed by atoms with Crippen molar-refractivity contribution in [3.63, 3.8) is 0 Å². The summed E-state index contributed by atoms with van der Waals surface area (Å²) in [6, 6.07) is 12.5. The van der Waals surface area contributed by atoms with Gasteiger partial charge in [-0.3, -0.25) is 4.79 Å². The number of anilines is 1. The number of ether oxygens (including phenoxy) is 1. The molecule has 30 heavy (non-hydrogen) atoms. The van der Waals surface area contributed by atoms with Gasteiger partial charge in [0, 0.05) is 24.4 Å². The van der Waals surface area contributed by atoms with Crippen LogP contribution in [0.15, 0.2) is 60.8 Å². The Bertz CT molecular complexity index is 1050. The Morgan fingerprint density at radius 3 is 2.57 bits per heavy atom. The summed E-state index contributed by atoms with van der Waals surface area (Å²) in [5.74, 6) is -0.754. The van der Waals surface area contributed by atoms with Crippen molar-refractivity contribution in [2.24, 2.45) is 0 Å². The van der Waals surface area contributed by atoms with Crippen LogP contribution in [0.3, 0.4) is 0 Å². The first-order chi connectivity index (χ1) is 14.2. The van der Waals surface area contributed by atoms with Crippen LogP contribution < -0.4 is 15.8 Å². The van der Waals surface area contributed by atoms with Gasteiger partial charge < -0.3 is 15.8 Å². The Morgan fingerprint density at radius 1 is 1.07 bits per heavy atom. The molecule has 0 atom stereocenters. The molecular formula is C21H17F4N3O2. The molecule has 3 rings (SSSR count). The lowest BCUT2D eigenvalue weighted by Crippen LogP contribution is -2.26. The highest BCUT2D eigenvalue weighted by atomic mass is 19.4. The van der Waals surface area contributed by atoms with Crippen molar-refractivity contribution >= 4 is 11.7 Å². The molecule has 5 nitrogen and oxygen atoms in total. The number of rotatable bonds is 6. The molecule has 0 aliphatic rings. The quantitative estimate of drug-likeness (QED) is 0.573. The van der Waals surface area contributed by atoms with E-state index in [4.69, 9.17) is 10.5 Å². The summed E-state index contributed by atoms with van der Waals surface area (Å²) in [7, 11) is 0. The maximum Gasteiger partial charge on any atom is 0.419 e. The van der Waals surface area contributed by atoms with E-state index in [1.807, 2.05) is 6.07 Å². The summed E-state index contributed by atoms with van der Waals surface area (Å²) in [6.45, 7) is 0.170. The molecule has 0 fully saturated rings. The molecule has 2 aromatic carbocycles. The minimum Gasteiger partial charge on any atom is -0.457 e. The number of benzene rings is 2. The molecule has 0 unspecified atom stereocenters. The number of carbonyl (C=O) groups is 1. The van der Waals surface area contributed by atoms with Crippen LogP contribution in [0.1, 0.15) is 21.5 Å². The van der Waals surface area contributed by atoms with Crippen molar-refractivity contribution < 1.29 is 27.1 Å². The zero-order valence-corrected chi connectivity index (χ0v) is 15.5. The lowest BCUT2D eigenvalue weighted by Gasteiger charge is -2.11. The zero-order valence-electron chi connectivity index (χ0n) is 15.5. The van der Waals surface area contributed by atoms with Gasteiger partial charge in [0.1, 0.15) is 23.1 Å². The highest BCUT2D eigenvalue weighted by molar-refractivity contribution is 5.94. The minimum absolute atomic E-state index is 0.170. The van der Waals surface area contributed by atoms with Gasteiger partial charge in [-0.2, -0.15) is 13.2 Å². The number of halogens is 4. The fourth-order valence-electron chi connectivity index (χ4n) is 2.70. The molecule has 156 valence electrons. The average molecular weight is 419 g/mol. The van der Waals surface area contributed by atoms with Crippen LogP contribution in [-0.2, 0) is 12.6 Å². The maximum atomic E-state index is 13.3. The van der Waals surface area contributed by atoms with E-state index in [0.29, 0.717) is 35.9 Å². The van der Waals surface area contributed by atoms with Gasteiger partial charge in [-0.25, -0.2) is 9.37 Å². The standard InChI is InChI=1S/C21H17F4N3O2/c22-18-5-4-14(11-17(18)21(23,24)25)20(29)28-8-6-13-2-1-3-15(10-13)30-16-7-9-27-19(26)12-16/h1-5,7,9-12H,6,8H2,(H2,26,27)(H,28,29). The third-order valence-corrected chi connectivity index (χ3v) is 4.12. The van der Waals surface area contributed by atoms with Gasteiger partial charge in [0.2, 0.25) is 0 Å². The van der Waals surface area contributed by atoms with Gasteiger partial charge in [0.25, 0.3) is 5.91 Å². The van der Waals surface area contributed by atoms with Crippen molar-refractivity contribution in [1.29, 1.82) is 0 Å². The van der Waals surface area contributed by atoms with E-state index in [1.165, 1.54) is 6.20 Å². The number of pyridine rings is 1. The third kappa shape index (κ3) is 5.47. The molecule has 0 aliphatic heterocycles. The molecule has 0 radical (unpaired) electrons. The Balaban J connectivity index is 1.59. The Kier molecular flexibility index (Phi) is 6.20. The number of hydrogen-bond acceptors (Lipinski definition) is 4. The van der Waals surface area contributed by atoms with Crippen LogP contribution in [0, 0.1) is 5.82 Å². The molecule has 3 N–H and O–H groups in total. The third-order valence-electron chi connectivity index (χ3n) is 4.12. The highest BCUT2D eigenvalue weighted by Gasteiger charge is 2.34. The summed E-state index contributed by atoms with van der Waals surface area (Å²) in [5, 5.41) is 2.53. The Labute approximate surface area is 169 Å².